The molecular weight excluding hydrogens is 344 g/mol. The molecule has 0 bridgehead atoms. The molecule has 2 fully saturated rings. The quantitative estimate of drug-likeness (QED) is 0.815. The molecule has 0 aromatic heterocycles. The SMILES string of the molecule is CN1CCC(C(=O)N(Cc2ccc3c(c2)OCO3)C2CCCCC2)CC1=O. The summed E-state index contributed by atoms with van der Waals surface area (Å²) < 4.78 is 10.9. The van der Waals surface area contributed by atoms with E-state index in [4.69, 9.17) is 9.47 Å². The summed E-state index contributed by atoms with van der Waals surface area (Å²) in [4.78, 5) is 29.3. The molecule has 1 saturated carbocycles. The van der Waals surface area contributed by atoms with E-state index in [2.05, 4.69) is 0 Å². The largest absolute Gasteiger partial charge is 0.454 e. The number of benzene rings is 1. The Hall–Kier alpha value is -2.24. The van der Waals surface area contributed by atoms with Crippen molar-refractivity contribution in [1.82, 2.24) is 9.80 Å². The standard InChI is InChI=1S/C21H28N2O4/c1-22-10-9-16(12-20(22)24)21(25)23(17-5-3-2-4-6-17)13-15-7-8-18-19(11-15)27-14-26-18/h7-8,11,16-17H,2-6,9-10,12-14H2,1H3. The maximum absolute atomic E-state index is 13.4. The van der Waals surface area contributed by atoms with Gasteiger partial charge >= 0.3 is 0 Å². The van der Waals surface area contributed by atoms with Crippen LogP contribution in [0.25, 0.3) is 0 Å². The number of likely N-dealkylation sites (tertiary alicyclic amines) is 1. The number of carbonyl (C=O) groups excluding carboxylic acids is 2. The van der Waals surface area contributed by atoms with Crippen LogP contribution in [0.5, 0.6) is 11.5 Å². The first-order valence-corrected chi connectivity index (χ1v) is 10.0. The number of nitrogens with zero attached hydrogens (tertiary/aromatic N) is 2. The maximum Gasteiger partial charge on any atom is 0.231 e. The number of carbonyl (C=O) groups is 2. The first-order chi connectivity index (χ1) is 13.1. The van der Waals surface area contributed by atoms with Crippen LogP contribution in [-0.2, 0) is 16.1 Å². The van der Waals surface area contributed by atoms with Gasteiger partial charge in [-0.25, -0.2) is 0 Å². The number of hydrogen-bond donors (Lipinski definition) is 0. The third kappa shape index (κ3) is 3.89. The molecule has 1 aromatic carbocycles. The lowest BCUT2D eigenvalue weighted by Gasteiger charge is -2.38. The summed E-state index contributed by atoms with van der Waals surface area (Å²) in [5, 5.41) is 0. The van der Waals surface area contributed by atoms with Crippen LogP contribution in [0.2, 0.25) is 0 Å². The van der Waals surface area contributed by atoms with Crippen molar-refractivity contribution in [1.29, 1.82) is 0 Å². The molecule has 1 atom stereocenters. The zero-order chi connectivity index (χ0) is 18.8. The highest BCUT2D eigenvalue weighted by molar-refractivity contribution is 5.87. The van der Waals surface area contributed by atoms with Crippen LogP contribution in [0.15, 0.2) is 18.2 Å². The van der Waals surface area contributed by atoms with E-state index in [1.165, 1.54) is 19.3 Å². The van der Waals surface area contributed by atoms with Crippen LogP contribution in [0.4, 0.5) is 0 Å². The fourth-order valence-electron chi connectivity index (χ4n) is 4.40. The highest BCUT2D eigenvalue weighted by Crippen LogP contribution is 2.34. The molecule has 2 aliphatic heterocycles. The lowest BCUT2D eigenvalue weighted by atomic mass is 9.90. The molecule has 1 saturated heterocycles. The van der Waals surface area contributed by atoms with E-state index in [9.17, 15) is 9.59 Å². The Labute approximate surface area is 160 Å². The summed E-state index contributed by atoms with van der Waals surface area (Å²) in [6.07, 6.45) is 6.78. The smallest absolute Gasteiger partial charge is 0.231 e. The van der Waals surface area contributed by atoms with Crippen molar-refractivity contribution in [2.45, 2.75) is 57.5 Å². The van der Waals surface area contributed by atoms with E-state index in [1.807, 2.05) is 30.1 Å². The van der Waals surface area contributed by atoms with Gasteiger partial charge in [-0.15, -0.1) is 0 Å². The van der Waals surface area contributed by atoms with Crippen LogP contribution in [0, 0.1) is 5.92 Å². The van der Waals surface area contributed by atoms with E-state index in [0.717, 1.165) is 36.3 Å². The van der Waals surface area contributed by atoms with Crippen molar-refractivity contribution in [2.75, 3.05) is 20.4 Å². The normalized spacial score (nSPS) is 22.8. The zero-order valence-electron chi connectivity index (χ0n) is 16.0. The summed E-state index contributed by atoms with van der Waals surface area (Å²) >= 11 is 0. The molecule has 0 spiro atoms. The summed E-state index contributed by atoms with van der Waals surface area (Å²) in [7, 11) is 1.81. The van der Waals surface area contributed by atoms with Crippen LogP contribution in [0.1, 0.15) is 50.5 Å². The molecule has 27 heavy (non-hydrogen) atoms. The minimum atomic E-state index is -0.190. The van der Waals surface area contributed by atoms with Crippen molar-refractivity contribution in [2.24, 2.45) is 5.92 Å². The minimum Gasteiger partial charge on any atom is -0.454 e. The molecule has 1 unspecified atom stereocenters. The second-order valence-corrected chi connectivity index (χ2v) is 7.95. The molecular formula is C21H28N2O4. The van der Waals surface area contributed by atoms with Gasteiger partial charge in [-0.2, -0.15) is 0 Å². The first kappa shape index (κ1) is 18.1. The summed E-state index contributed by atoms with van der Waals surface area (Å²) in [6, 6.07) is 6.17. The Bertz CT molecular complexity index is 714. The Morgan fingerprint density at radius 2 is 1.93 bits per heavy atom. The number of rotatable bonds is 4. The third-order valence-corrected chi connectivity index (χ3v) is 6.10. The van der Waals surface area contributed by atoms with Gasteiger partial charge in [-0.1, -0.05) is 25.3 Å². The highest BCUT2D eigenvalue weighted by Gasteiger charge is 2.35. The molecule has 4 rings (SSSR count). The monoisotopic (exact) mass is 372 g/mol. The van der Waals surface area contributed by atoms with Gasteiger partial charge in [0.2, 0.25) is 18.6 Å². The minimum absolute atomic E-state index is 0.0753. The van der Waals surface area contributed by atoms with Gasteiger partial charge in [-0.3, -0.25) is 9.59 Å². The average molecular weight is 372 g/mol. The molecule has 1 aromatic rings. The van der Waals surface area contributed by atoms with E-state index in [-0.39, 0.29) is 30.6 Å². The van der Waals surface area contributed by atoms with Gasteiger partial charge in [0.05, 0.1) is 0 Å². The lowest BCUT2D eigenvalue weighted by molar-refractivity contribution is -0.147. The molecule has 0 N–H and O–H groups in total. The summed E-state index contributed by atoms with van der Waals surface area (Å²) in [5.74, 6) is 1.53. The molecule has 3 aliphatic rings. The summed E-state index contributed by atoms with van der Waals surface area (Å²) in [6.45, 7) is 1.49. The molecule has 2 heterocycles. The molecule has 6 nitrogen and oxygen atoms in total. The number of amides is 2. The van der Waals surface area contributed by atoms with Crippen molar-refractivity contribution in [3.05, 3.63) is 23.8 Å². The lowest BCUT2D eigenvalue weighted by Crippen LogP contribution is -2.47. The maximum atomic E-state index is 13.4. The number of fused-ring (bicyclic) bond motifs is 1. The Balaban J connectivity index is 1.53. The number of piperidine rings is 1. The van der Waals surface area contributed by atoms with Gasteiger partial charge in [0.1, 0.15) is 0 Å². The van der Waals surface area contributed by atoms with E-state index in [0.29, 0.717) is 19.5 Å². The molecule has 0 radical (unpaired) electrons. The van der Waals surface area contributed by atoms with Gasteiger partial charge in [-0.05, 0) is 37.0 Å². The van der Waals surface area contributed by atoms with Crippen molar-refractivity contribution in [3.63, 3.8) is 0 Å². The third-order valence-electron chi connectivity index (χ3n) is 6.10. The second kappa shape index (κ2) is 7.79. The average Bonchev–Trinajstić information content (AvgIpc) is 3.16. The number of hydrogen-bond acceptors (Lipinski definition) is 4. The van der Waals surface area contributed by atoms with Gasteiger partial charge in [0, 0.05) is 38.5 Å². The van der Waals surface area contributed by atoms with Gasteiger partial charge in [0.25, 0.3) is 0 Å². The topological polar surface area (TPSA) is 59.1 Å². The Morgan fingerprint density at radius 3 is 2.70 bits per heavy atom. The fraction of sp³-hybridized carbons (Fsp3) is 0.619. The van der Waals surface area contributed by atoms with Crippen LogP contribution in [-0.4, -0.2) is 48.0 Å². The highest BCUT2D eigenvalue weighted by atomic mass is 16.7. The molecule has 6 heteroatoms. The van der Waals surface area contributed by atoms with Crippen molar-refractivity contribution >= 4 is 11.8 Å². The van der Waals surface area contributed by atoms with E-state index in [1.54, 1.807) is 4.90 Å². The van der Waals surface area contributed by atoms with E-state index >= 15 is 0 Å². The van der Waals surface area contributed by atoms with Crippen molar-refractivity contribution < 1.29 is 19.1 Å². The van der Waals surface area contributed by atoms with Crippen molar-refractivity contribution in [3.8, 4) is 11.5 Å². The molecule has 1 aliphatic carbocycles. The van der Waals surface area contributed by atoms with E-state index < -0.39 is 0 Å². The van der Waals surface area contributed by atoms with Crippen LogP contribution >= 0.6 is 0 Å². The Morgan fingerprint density at radius 1 is 1.15 bits per heavy atom. The zero-order valence-corrected chi connectivity index (χ0v) is 16.0. The molecule has 146 valence electrons. The summed E-state index contributed by atoms with van der Waals surface area (Å²) in [5.41, 5.74) is 1.05. The Kier molecular flexibility index (Phi) is 5.23. The predicted molar refractivity (Wildman–Crippen MR) is 100 cm³/mol. The van der Waals surface area contributed by atoms with Gasteiger partial charge < -0.3 is 19.3 Å². The van der Waals surface area contributed by atoms with Gasteiger partial charge in [0.15, 0.2) is 11.5 Å². The predicted octanol–water partition coefficient (Wildman–Crippen LogP) is 2.95. The number of ether oxygens (including phenoxy) is 2. The van der Waals surface area contributed by atoms with Crippen LogP contribution in [0.3, 0.4) is 0 Å². The first-order valence-electron chi connectivity index (χ1n) is 10.0. The fourth-order valence-corrected chi connectivity index (χ4v) is 4.40. The van der Waals surface area contributed by atoms with Crippen LogP contribution < -0.4 is 9.47 Å². The second-order valence-electron chi connectivity index (χ2n) is 7.95. The molecule has 2 amide bonds.